The van der Waals surface area contributed by atoms with E-state index in [9.17, 15) is 4.79 Å². The summed E-state index contributed by atoms with van der Waals surface area (Å²) in [5.74, 6) is 1.04. The molecule has 1 aliphatic carbocycles. The summed E-state index contributed by atoms with van der Waals surface area (Å²) in [6, 6.07) is 13.6. The van der Waals surface area contributed by atoms with E-state index in [0.717, 1.165) is 80.0 Å². The lowest BCUT2D eigenvalue weighted by molar-refractivity contribution is -0.135. The lowest BCUT2D eigenvalue weighted by atomic mass is 9.81. The van der Waals surface area contributed by atoms with Gasteiger partial charge in [-0.05, 0) is 107 Å². The summed E-state index contributed by atoms with van der Waals surface area (Å²) < 4.78 is 0. The van der Waals surface area contributed by atoms with E-state index >= 15 is 0 Å². The molecule has 4 nitrogen and oxygen atoms in total. The second kappa shape index (κ2) is 11.1. The Labute approximate surface area is 221 Å². The summed E-state index contributed by atoms with van der Waals surface area (Å²) in [5.41, 5.74) is 7.19. The highest BCUT2D eigenvalue weighted by Crippen LogP contribution is 2.37. The summed E-state index contributed by atoms with van der Waals surface area (Å²) in [5, 5.41) is 0.789. The van der Waals surface area contributed by atoms with E-state index < -0.39 is 0 Å². The van der Waals surface area contributed by atoms with Crippen molar-refractivity contribution in [3.05, 3.63) is 63.7 Å². The number of amides is 1. The number of benzene rings is 2. The van der Waals surface area contributed by atoms with Crippen molar-refractivity contribution in [1.82, 2.24) is 9.80 Å². The number of carbonyl (C=O) groups is 1. The van der Waals surface area contributed by atoms with Crippen LogP contribution in [0.4, 0.5) is 5.69 Å². The molecule has 36 heavy (non-hydrogen) atoms. The summed E-state index contributed by atoms with van der Waals surface area (Å²) in [6.07, 6.45) is 9.61. The van der Waals surface area contributed by atoms with Crippen LogP contribution in [0.1, 0.15) is 79.5 Å². The summed E-state index contributed by atoms with van der Waals surface area (Å²) in [6.45, 7) is 3.92. The first-order chi connectivity index (χ1) is 17.4. The highest BCUT2D eigenvalue weighted by atomic mass is 35.5. The Morgan fingerprint density at radius 3 is 2.64 bits per heavy atom. The third-order valence-electron chi connectivity index (χ3n) is 8.67. The highest BCUT2D eigenvalue weighted by molar-refractivity contribution is 6.34. The van der Waals surface area contributed by atoms with Gasteiger partial charge in [-0.3, -0.25) is 9.79 Å². The molecule has 2 fully saturated rings. The first-order valence-electron chi connectivity index (χ1n) is 13.8. The number of likely N-dealkylation sites (N-methyl/N-ethyl adjacent to an activating group) is 1. The molecule has 2 aromatic carbocycles. The predicted octanol–water partition coefficient (Wildman–Crippen LogP) is 6.93. The third-order valence-corrected chi connectivity index (χ3v) is 9.00. The number of fused-ring (bicyclic) bond motifs is 1. The monoisotopic (exact) mass is 505 g/mol. The van der Waals surface area contributed by atoms with Crippen molar-refractivity contribution < 1.29 is 4.79 Å². The molecule has 2 aliphatic heterocycles. The summed E-state index contributed by atoms with van der Waals surface area (Å²) in [7, 11) is 4.25. The Hall–Kier alpha value is -2.17. The van der Waals surface area contributed by atoms with Crippen LogP contribution < -0.4 is 0 Å². The Morgan fingerprint density at radius 1 is 1.00 bits per heavy atom. The molecular weight excluding hydrogens is 466 g/mol. The van der Waals surface area contributed by atoms with E-state index in [-0.39, 0.29) is 5.92 Å². The number of nitrogens with zero attached hydrogens (tertiary/aromatic N) is 3. The van der Waals surface area contributed by atoms with Crippen molar-refractivity contribution in [3.8, 4) is 0 Å². The van der Waals surface area contributed by atoms with Crippen LogP contribution in [0.25, 0.3) is 0 Å². The zero-order valence-corrected chi connectivity index (χ0v) is 22.9. The van der Waals surface area contributed by atoms with E-state index in [1.54, 1.807) is 0 Å². The normalized spacial score (nSPS) is 24.8. The highest BCUT2D eigenvalue weighted by Gasteiger charge is 2.32. The number of carbonyl (C=O) groups excluding carboxylic acids is 1. The van der Waals surface area contributed by atoms with Gasteiger partial charge in [0.1, 0.15) is 0 Å². The molecule has 192 valence electrons. The SMILES string of the molecule is Cc1ccc2c(c1)N=C(c1cc(C3CCCC[C@@H](C(=O)N4CCC(N(C)C)C4)CC3)ccc1Cl)CC2. The summed E-state index contributed by atoms with van der Waals surface area (Å²) >= 11 is 6.72. The fourth-order valence-electron chi connectivity index (χ4n) is 6.33. The van der Waals surface area contributed by atoms with Crippen LogP contribution in [0, 0.1) is 12.8 Å². The number of halogens is 1. The number of rotatable bonds is 4. The van der Waals surface area contributed by atoms with E-state index in [4.69, 9.17) is 16.6 Å². The van der Waals surface area contributed by atoms with Crippen molar-refractivity contribution in [3.63, 3.8) is 0 Å². The van der Waals surface area contributed by atoms with Crippen molar-refractivity contribution in [2.45, 2.75) is 76.7 Å². The van der Waals surface area contributed by atoms with Crippen LogP contribution in [0.3, 0.4) is 0 Å². The fraction of sp³-hybridized carbons (Fsp3) is 0.548. The lowest BCUT2D eigenvalue weighted by Crippen LogP contribution is -2.38. The van der Waals surface area contributed by atoms with Crippen LogP contribution >= 0.6 is 11.6 Å². The quantitative estimate of drug-likeness (QED) is 0.451. The zero-order chi connectivity index (χ0) is 25.2. The van der Waals surface area contributed by atoms with E-state index in [0.29, 0.717) is 17.9 Å². The van der Waals surface area contributed by atoms with Gasteiger partial charge in [-0.25, -0.2) is 0 Å². The smallest absolute Gasteiger partial charge is 0.225 e. The van der Waals surface area contributed by atoms with E-state index in [1.165, 1.54) is 29.5 Å². The van der Waals surface area contributed by atoms with Gasteiger partial charge in [0.05, 0.1) is 11.4 Å². The number of hydrogen-bond acceptors (Lipinski definition) is 3. The van der Waals surface area contributed by atoms with Gasteiger partial charge in [0.2, 0.25) is 5.91 Å². The Kier molecular flexibility index (Phi) is 7.83. The molecular formula is C31H40ClN3O. The average molecular weight is 506 g/mol. The Morgan fingerprint density at radius 2 is 1.83 bits per heavy atom. The molecule has 3 atom stereocenters. The second-order valence-corrected chi connectivity index (χ2v) is 11.8. The van der Waals surface area contributed by atoms with Gasteiger partial charge in [0.25, 0.3) is 0 Å². The van der Waals surface area contributed by atoms with Crippen LogP contribution in [0.2, 0.25) is 5.02 Å². The van der Waals surface area contributed by atoms with Gasteiger partial charge >= 0.3 is 0 Å². The minimum atomic E-state index is 0.169. The molecule has 2 heterocycles. The maximum atomic E-state index is 13.4. The number of hydrogen-bond donors (Lipinski definition) is 0. The molecule has 2 aromatic rings. The van der Waals surface area contributed by atoms with Gasteiger partial charge in [0, 0.05) is 35.6 Å². The largest absolute Gasteiger partial charge is 0.341 e. The minimum absolute atomic E-state index is 0.169. The molecule has 0 radical (unpaired) electrons. The number of aryl methyl sites for hydroxylation is 2. The summed E-state index contributed by atoms with van der Waals surface area (Å²) in [4.78, 5) is 22.8. The van der Waals surface area contributed by atoms with Gasteiger partial charge in [-0.15, -0.1) is 0 Å². The van der Waals surface area contributed by atoms with Crippen LogP contribution in [-0.2, 0) is 11.2 Å². The zero-order valence-electron chi connectivity index (χ0n) is 22.1. The molecule has 3 aliphatic rings. The van der Waals surface area contributed by atoms with Crippen molar-refractivity contribution in [2.24, 2.45) is 10.9 Å². The molecule has 1 saturated carbocycles. The maximum absolute atomic E-state index is 13.4. The molecule has 1 saturated heterocycles. The molecule has 0 aromatic heterocycles. The second-order valence-electron chi connectivity index (χ2n) is 11.4. The fourth-order valence-corrected chi connectivity index (χ4v) is 6.56. The van der Waals surface area contributed by atoms with Gasteiger partial charge in [0.15, 0.2) is 0 Å². The van der Waals surface area contributed by atoms with Gasteiger partial charge in [-0.2, -0.15) is 0 Å². The minimum Gasteiger partial charge on any atom is -0.341 e. The van der Waals surface area contributed by atoms with Crippen LogP contribution in [-0.4, -0.2) is 54.6 Å². The Balaban J connectivity index is 1.31. The molecule has 0 N–H and O–H groups in total. The van der Waals surface area contributed by atoms with Gasteiger partial charge in [-0.1, -0.05) is 42.6 Å². The van der Waals surface area contributed by atoms with Crippen molar-refractivity contribution in [2.75, 3.05) is 27.2 Å². The number of likely N-dealkylation sites (tertiary alicyclic amines) is 1. The van der Waals surface area contributed by atoms with Crippen LogP contribution in [0.15, 0.2) is 41.4 Å². The third kappa shape index (κ3) is 5.55. The topological polar surface area (TPSA) is 35.9 Å². The average Bonchev–Trinajstić information content (AvgIpc) is 3.35. The van der Waals surface area contributed by atoms with Crippen molar-refractivity contribution in [1.29, 1.82) is 0 Å². The maximum Gasteiger partial charge on any atom is 0.225 e. The van der Waals surface area contributed by atoms with E-state index in [2.05, 4.69) is 67.2 Å². The Bertz CT molecular complexity index is 1140. The molecule has 2 unspecified atom stereocenters. The lowest BCUT2D eigenvalue weighted by Gasteiger charge is -2.29. The van der Waals surface area contributed by atoms with E-state index in [1.807, 2.05) is 0 Å². The predicted molar refractivity (Wildman–Crippen MR) is 150 cm³/mol. The van der Waals surface area contributed by atoms with Crippen molar-refractivity contribution >= 4 is 28.9 Å². The first-order valence-corrected chi connectivity index (χ1v) is 14.2. The molecule has 0 spiro atoms. The molecule has 0 bridgehead atoms. The molecule has 5 heteroatoms. The molecule has 5 rings (SSSR count). The van der Waals surface area contributed by atoms with Gasteiger partial charge < -0.3 is 9.80 Å². The number of aliphatic imine (C=N–C) groups is 1. The standard InChI is InChI=1S/C31H40ClN3O/c1-21-8-9-23-13-15-29(33-30(23)18-21)27-19-25(12-14-28(27)32)22-6-4-5-7-24(11-10-22)31(36)35-17-16-26(20-35)34(2)3/h8-9,12,14,18-19,22,24,26H,4-7,10-11,13,15-17,20H2,1-3H3/t22?,24-,26?/m1/s1. The first kappa shape index (κ1) is 25.5. The van der Waals surface area contributed by atoms with Crippen LogP contribution in [0.5, 0.6) is 0 Å². The molecule has 1 amide bonds.